The molecule has 0 saturated carbocycles. The first-order valence-corrected chi connectivity index (χ1v) is 7.86. The molecule has 2 aromatic rings. The predicted octanol–water partition coefficient (Wildman–Crippen LogP) is 3.08. The number of methoxy groups -OCH3 is 1. The molecule has 110 valence electrons. The molecule has 1 aromatic heterocycles. The molecule has 21 heavy (non-hydrogen) atoms. The molecule has 1 atom stereocenters. The summed E-state index contributed by atoms with van der Waals surface area (Å²) in [6.07, 6.45) is 2.35. The first kappa shape index (κ1) is 14.1. The van der Waals surface area contributed by atoms with Gasteiger partial charge in [-0.1, -0.05) is 12.1 Å². The van der Waals surface area contributed by atoms with Gasteiger partial charge in [0.05, 0.1) is 18.0 Å². The average molecular weight is 302 g/mol. The third-order valence-electron chi connectivity index (χ3n) is 3.77. The normalized spacial score (nSPS) is 15.8. The molecule has 5 heteroatoms. The van der Waals surface area contributed by atoms with Crippen LogP contribution in [0.3, 0.4) is 0 Å². The highest BCUT2D eigenvalue weighted by Crippen LogP contribution is 2.34. The minimum absolute atomic E-state index is 0.0886. The van der Waals surface area contributed by atoms with Gasteiger partial charge in [0.2, 0.25) is 5.91 Å². The van der Waals surface area contributed by atoms with Crippen LogP contribution >= 0.6 is 11.3 Å². The number of nitrogens with one attached hydrogen (secondary N) is 1. The van der Waals surface area contributed by atoms with Crippen LogP contribution in [0.2, 0.25) is 0 Å². The topological polar surface area (TPSA) is 64.3 Å². The van der Waals surface area contributed by atoms with Gasteiger partial charge in [0.25, 0.3) is 0 Å². The van der Waals surface area contributed by atoms with Crippen molar-refractivity contribution in [1.29, 1.82) is 0 Å². The number of hydrogen-bond donors (Lipinski definition) is 2. The lowest BCUT2D eigenvalue weighted by Gasteiger charge is -2.15. The Morgan fingerprint density at radius 2 is 2.19 bits per heavy atom. The number of carbonyl (C=O) groups is 1. The van der Waals surface area contributed by atoms with E-state index in [0.717, 1.165) is 40.3 Å². The van der Waals surface area contributed by atoms with E-state index in [9.17, 15) is 4.79 Å². The second-order valence-corrected chi connectivity index (χ2v) is 6.10. The number of benzene rings is 1. The number of amides is 1. The van der Waals surface area contributed by atoms with Crippen LogP contribution in [-0.2, 0) is 11.2 Å². The molecule has 0 bridgehead atoms. The van der Waals surface area contributed by atoms with Crippen molar-refractivity contribution in [2.24, 2.45) is 5.73 Å². The summed E-state index contributed by atoms with van der Waals surface area (Å²) in [5.74, 6) is 0.918. The fourth-order valence-electron chi connectivity index (χ4n) is 2.64. The minimum Gasteiger partial charge on any atom is -0.496 e. The molecule has 0 radical (unpaired) electrons. The maximum absolute atomic E-state index is 11.6. The van der Waals surface area contributed by atoms with Crippen molar-refractivity contribution in [1.82, 2.24) is 0 Å². The molecule has 0 saturated heterocycles. The van der Waals surface area contributed by atoms with Crippen LogP contribution in [0.15, 0.2) is 29.6 Å². The smallest absolute Gasteiger partial charge is 0.224 e. The number of rotatable bonds is 3. The second-order valence-electron chi connectivity index (χ2n) is 5.15. The van der Waals surface area contributed by atoms with E-state index in [2.05, 4.69) is 11.4 Å². The average Bonchev–Trinajstić information content (AvgIpc) is 2.88. The van der Waals surface area contributed by atoms with E-state index in [0.29, 0.717) is 6.42 Å². The van der Waals surface area contributed by atoms with Crippen LogP contribution in [0.4, 0.5) is 5.69 Å². The van der Waals surface area contributed by atoms with Crippen LogP contribution in [0, 0.1) is 0 Å². The summed E-state index contributed by atoms with van der Waals surface area (Å²) >= 11 is 1.60. The summed E-state index contributed by atoms with van der Waals surface area (Å²) in [5.41, 5.74) is 9.49. The molecule has 3 rings (SSSR count). The zero-order valence-electron chi connectivity index (χ0n) is 11.9. The Morgan fingerprint density at radius 3 is 3.00 bits per heavy atom. The van der Waals surface area contributed by atoms with Gasteiger partial charge < -0.3 is 15.8 Å². The van der Waals surface area contributed by atoms with Crippen LogP contribution in [0.1, 0.15) is 34.9 Å². The quantitative estimate of drug-likeness (QED) is 0.915. The number of thiophene rings is 1. The first-order chi connectivity index (χ1) is 10.2. The Hall–Kier alpha value is -1.85. The third kappa shape index (κ3) is 2.80. The Bertz CT molecular complexity index is 666. The maximum Gasteiger partial charge on any atom is 0.224 e. The van der Waals surface area contributed by atoms with Gasteiger partial charge in [-0.3, -0.25) is 4.79 Å². The Balaban J connectivity index is 1.93. The van der Waals surface area contributed by atoms with Crippen molar-refractivity contribution < 1.29 is 9.53 Å². The number of fused-ring (bicyclic) bond motifs is 1. The van der Waals surface area contributed by atoms with E-state index in [4.69, 9.17) is 10.5 Å². The van der Waals surface area contributed by atoms with Crippen molar-refractivity contribution in [2.45, 2.75) is 25.3 Å². The van der Waals surface area contributed by atoms with Gasteiger partial charge in [0.15, 0.2) is 0 Å². The largest absolute Gasteiger partial charge is 0.496 e. The van der Waals surface area contributed by atoms with Crippen LogP contribution in [-0.4, -0.2) is 13.0 Å². The first-order valence-electron chi connectivity index (χ1n) is 6.98. The molecule has 3 N–H and O–H groups in total. The lowest BCUT2D eigenvalue weighted by atomic mass is 9.99. The van der Waals surface area contributed by atoms with E-state index >= 15 is 0 Å². The number of nitrogens with two attached hydrogens (primary N) is 1. The summed E-state index contributed by atoms with van der Waals surface area (Å²) in [4.78, 5) is 12.6. The monoisotopic (exact) mass is 302 g/mol. The molecule has 1 aromatic carbocycles. The van der Waals surface area contributed by atoms with Crippen LogP contribution in [0.5, 0.6) is 5.75 Å². The highest BCUT2D eigenvalue weighted by Gasteiger charge is 2.18. The van der Waals surface area contributed by atoms with Crippen molar-refractivity contribution >= 4 is 22.9 Å². The molecule has 1 aliphatic rings. The highest BCUT2D eigenvalue weighted by atomic mass is 32.1. The van der Waals surface area contributed by atoms with E-state index in [-0.39, 0.29) is 11.9 Å². The lowest BCUT2D eigenvalue weighted by Crippen LogP contribution is -2.13. The summed E-state index contributed by atoms with van der Waals surface area (Å²) < 4.78 is 5.35. The number of ether oxygens (including phenoxy) is 1. The van der Waals surface area contributed by atoms with Crippen molar-refractivity contribution in [3.05, 3.63) is 45.6 Å². The van der Waals surface area contributed by atoms with Gasteiger partial charge in [-0.25, -0.2) is 0 Å². The maximum atomic E-state index is 11.6. The number of aryl methyl sites for hydroxylation is 1. The third-order valence-corrected chi connectivity index (χ3v) is 4.75. The zero-order chi connectivity index (χ0) is 14.8. The van der Waals surface area contributed by atoms with Crippen molar-refractivity contribution in [3.8, 4) is 5.75 Å². The van der Waals surface area contributed by atoms with E-state index < -0.39 is 0 Å². The number of carbonyl (C=O) groups excluding carboxylic acids is 1. The molecule has 1 amide bonds. The van der Waals surface area contributed by atoms with Gasteiger partial charge in [-0.05, 0) is 41.5 Å². The molecule has 0 fully saturated rings. The Kier molecular flexibility index (Phi) is 3.94. The van der Waals surface area contributed by atoms with Gasteiger partial charge in [-0.2, -0.15) is 0 Å². The van der Waals surface area contributed by atoms with Gasteiger partial charge in [0.1, 0.15) is 5.75 Å². The second kappa shape index (κ2) is 5.87. The molecular weight excluding hydrogens is 284 g/mol. The summed E-state index contributed by atoms with van der Waals surface area (Å²) in [5, 5.41) is 4.93. The molecule has 0 spiro atoms. The predicted molar refractivity (Wildman–Crippen MR) is 84.9 cm³/mol. The highest BCUT2D eigenvalue weighted by molar-refractivity contribution is 7.10. The minimum atomic E-state index is -0.204. The number of anilines is 1. The van der Waals surface area contributed by atoms with Crippen LogP contribution < -0.4 is 15.8 Å². The molecule has 2 heterocycles. The molecule has 1 unspecified atom stereocenters. The van der Waals surface area contributed by atoms with Gasteiger partial charge >= 0.3 is 0 Å². The molecule has 0 aliphatic carbocycles. The van der Waals surface area contributed by atoms with Crippen molar-refractivity contribution in [2.75, 3.05) is 12.4 Å². The standard InChI is InChI=1S/C16H18N2O2S/c1-20-13-7-8-21-16(13)15(17)11-5-6-12-10(9-11)3-2-4-14(19)18-12/h5-9,15H,2-4,17H2,1H3,(H,18,19). The fraction of sp³-hybridized carbons (Fsp3) is 0.312. The summed E-state index contributed by atoms with van der Waals surface area (Å²) in [7, 11) is 1.66. The molecular formula is C16H18N2O2S. The summed E-state index contributed by atoms with van der Waals surface area (Å²) in [6, 6.07) is 7.76. The number of hydrogen-bond acceptors (Lipinski definition) is 4. The summed E-state index contributed by atoms with van der Waals surface area (Å²) in [6.45, 7) is 0. The Morgan fingerprint density at radius 1 is 1.33 bits per heavy atom. The molecule has 4 nitrogen and oxygen atoms in total. The van der Waals surface area contributed by atoms with E-state index in [1.807, 2.05) is 23.6 Å². The van der Waals surface area contributed by atoms with E-state index in [1.165, 1.54) is 0 Å². The zero-order valence-corrected chi connectivity index (χ0v) is 12.7. The van der Waals surface area contributed by atoms with Crippen molar-refractivity contribution in [3.63, 3.8) is 0 Å². The van der Waals surface area contributed by atoms with E-state index in [1.54, 1.807) is 18.4 Å². The lowest BCUT2D eigenvalue weighted by molar-refractivity contribution is -0.116. The SMILES string of the molecule is COc1ccsc1C(N)c1ccc2c(c1)CCCC(=O)N2. The van der Waals surface area contributed by atoms with Gasteiger partial charge in [-0.15, -0.1) is 11.3 Å². The Labute approximate surface area is 127 Å². The molecule has 1 aliphatic heterocycles. The fourth-order valence-corrected chi connectivity index (χ4v) is 3.53. The van der Waals surface area contributed by atoms with Gasteiger partial charge in [0, 0.05) is 12.1 Å². The van der Waals surface area contributed by atoms with Crippen LogP contribution in [0.25, 0.3) is 0 Å².